The quantitative estimate of drug-likeness (QED) is 0.385. The molecule has 1 heterocycles. The molecule has 3 aromatic rings. The molecule has 1 atom stereocenters. The molecule has 0 amide bonds. The van der Waals surface area contributed by atoms with Crippen molar-refractivity contribution >= 4 is 25.8 Å². The summed E-state index contributed by atoms with van der Waals surface area (Å²) in [6.07, 6.45) is 0. The van der Waals surface area contributed by atoms with Crippen LogP contribution in [0.2, 0.25) is 0 Å². The van der Waals surface area contributed by atoms with Gasteiger partial charge in [-0.3, -0.25) is 4.79 Å². The molecule has 0 unspecified atom stereocenters. The molecule has 0 spiro atoms. The summed E-state index contributed by atoms with van der Waals surface area (Å²) in [5.74, 6) is -1.32. The van der Waals surface area contributed by atoms with E-state index in [-0.39, 0.29) is 27.9 Å². The summed E-state index contributed by atoms with van der Waals surface area (Å²) in [5, 5.41) is 9.44. The van der Waals surface area contributed by atoms with Gasteiger partial charge in [-0.1, -0.05) is 42.5 Å². The fourth-order valence-corrected chi connectivity index (χ4v) is 6.02. The number of ether oxygens (including phenoxy) is 2. The Morgan fingerprint density at radius 2 is 1.64 bits per heavy atom. The van der Waals surface area contributed by atoms with E-state index in [0.29, 0.717) is 0 Å². The Bertz CT molecular complexity index is 1400. The van der Waals surface area contributed by atoms with Crippen molar-refractivity contribution in [1.82, 2.24) is 4.72 Å². The fourth-order valence-electron chi connectivity index (χ4n) is 3.22. The van der Waals surface area contributed by atoms with Crippen molar-refractivity contribution in [1.29, 1.82) is 0 Å². The number of carboxylic acid groups (broad SMARTS) is 1. The number of carbonyl (C=O) groups is 1. The monoisotopic (exact) mass is 489 g/mol. The second-order valence-electron chi connectivity index (χ2n) is 7.17. The number of rotatable bonds is 8. The van der Waals surface area contributed by atoms with Crippen molar-refractivity contribution in [3.05, 3.63) is 78.4 Å². The van der Waals surface area contributed by atoms with Crippen LogP contribution in [0.25, 0.3) is 0 Å². The van der Waals surface area contributed by atoms with Gasteiger partial charge in [0.25, 0.3) is 0 Å². The number of hydrogen-bond acceptors (Lipinski definition) is 7. The third-order valence-electron chi connectivity index (χ3n) is 4.87. The van der Waals surface area contributed by atoms with Crippen molar-refractivity contribution in [3.8, 4) is 11.5 Å². The van der Waals surface area contributed by atoms with Crippen molar-refractivity contribution in [3.63, 3.8) is 0 Å². The fraction of sp³-hybridized carbons (Fsp3) is 0.136. The van der Waals surface area contributed by atoms with Gasteiger partial charge in [0.05, 0.1) is 18.1 Å². The lowest BCUT2D eigenvalue weighted by atomic mass is 10.2. The molecule has 4 rings (SSSR count). The van der Waals surface area contributed by atoms with Gasteiger partial charge >= 0.3 is 5.97 Å². The number of hydrogen-bond donors (Lipinski definition) is 2. The van der Waals surface area contributed by atoms with E-state index in [1.54, 1.807) is 30.3 Å². The van der Waals surface area contributed by atoms with Gasteiger partial charge in [0.1, 0.15) is 27.3 Å². The number of nitrogens with one attached hydrogen (secondary N) is 1. The maximum atomic E-state index is 13.0. The second-order valence-corrected chi connectivity index (χ2v) is 10.8. The van der Waals surface area contributed by atoms with Crippen molar-refractivity contribution in [2.24, 2.45) is 0 Å². The predicted molar refractivity (Wildman–Crippen MR) is 116 cm³/mol. The van der Waals surface area contributed by atoms with E-state index >= 15 is 0 Å². The summed E-state index contributed by atoms with van der Waals surface area (Å²) in [7, 11) is -8.42. The summed E-state index contributed by atoms with van der Waals surface area (Å²) in [5.41, 5.74) is 0.796. The molecule has 1 aliphatic heterocycles. The van der Waals surface area contributed by atoms with Gasteiger partial charge in [-0.25, -0.2) is 16.8 Å². The highest BCUT2D eigenvalue weighted by molar-refractivity contribution is 7.92. The van der Waals surface area contributed by atoms with E-state index in [9.17, 15) is 26.7 Å². The highest BCUT2D eigenvalue weighted by atomic mass is 32.2. The van der Waals surface area contributed by atoms with E-state index in [1.165, 1.54) is 24.3 Å². The molecule has 2 N–H and O–H groups in total. The molecule has 0 fully saturated rings. The number of benzene rings is 3. The first-order chi connectivity index (χ1) is 15.7. The first kappa shape index (κ1) is 22.9. The molecule has 33 heavy (non-hydrogen) atoms. The molecule has 9 nitrogen and oxygen atoms in total. The zero-order valence-corrected chi connectivity index (χ0v) is 18.7. The molecule has 3 aromatic carbocycles. The number of aliphatic carboxylic acids is 1. The molecule has 0 aliphatic carbocycles. The van der Waals surface area contributed by atoms with Gasteiger partial charge in [0.15, 0.2) is 0 Å². The molecule has 0 saturated heterocycles. The van der Waals surface area contributed by atoms with Crippen LogP contribution in [-0.2, 0) is 36.0 Å². The van der Waals surface area contributed by atoms with Crippen LogP contribution in [-0.4, -0.2) is 40.6 Å². The number of sulfonamides is 1. The standard InChI is InChI=1S/C22H19NO8S2/c24-22(25)17(14-30-13-15-6-2-1-3-7-15)23-33(28,29)16-10-11-19-21(12-16)32(26,27)20-9-5-4-8-18(20)31-19/h1-12,17,23H,13-14H2,(H,24,25)/t17-/m1/s1. The first-order valence-electron chi connectivity index (χ1n) is 9.71. The van der Waals surface area contributed by atoms with Crippen LogP contribution >= 0.6 is 0 Å². The van der Waals surface area contributed by atoms with Gasteiger partial charge in [0, 0.05) is 0 Å². The van der Waals surface area contributed by atoms with Crippen molar-refractivity contribution < 1.29 is 36.2 Å². The zero-order chi connectivity index (χ0) is 23.6. The molecular formula is C22H19NO8S2. The minimum Gasteiger partial charge on any atom is -0.480 e. The normalized spacial score (nSPS) is 15.0. The summed E-state index contributed by atoms with van der Waals surface area (Å²) >= 11 is 0. The maximum Gasteiger partial charge on any atom is 0.324 e. The van der Waals surface area contributed by atoms with Crippen LogP contribution in [0.15, 0.2) is 87.5 Å². The van der Waals surface area contributed by atoms with E-state index in [4.69, 9.17) is 9.47 Å². The Morgan fingerprint density at radius 3 is 2.36 bits per heavy atom. The van der Waals surface area contributed by atoms with Crippen LogP contribution < -0.4 is 9.46 Å². The Hall–Kier alpha value is -3.25. The summed E-state index contributed by atoms with van der Waals surface area (Å²) < 4.78 is 64.7. The Balaban J connectivity index is 1.55. The van der Waals surface area contributed by atoms with Crippen LogP contribution in [0, 0.1) is 0 Å². The van der Waals surface area contributed by atoms with Crippen molar-refractivity contribution in [2.45, 2.75) is 27.3 Å². The van der Waals surface area contributed by atoms with E-state index in [1.807, 2.05) is 6.07 Å². The van der Waals surface area contributed by atoms with E-state index in [2.05, 4.69) is 4.72 Å². The molecule has 0 radical (unpaired) electrons. The zero-order valence-electron chi connectivity index (χ0n) is 17.0. The molecule has 172 valence electrons. The van der Waals surface area contributed by atoms with Crippen LogP contribution in [0.4, 0.5) is 0 Å². The summed E-state index contributed by atoms with van der Waals surface area (Å²) in [6.45, 7) is -0.330. The number of sulfone groups is 1. The van der Waals surface area contributed by atoms with Crippen molar-refractivity contribution in [2.75, 3.05) is 6.61 Å². The average Bonchev–Trinajstić information content (AvgIpc) is 2.79. The van der Waals surface area contributed by atoms with E-state index < -0.39 is 43.4 Å². The predicted octanol–water partition coefficient (Wildman–Crippen LogP) is 2.57. The summed E-state index contributed by atoms with van der Waals surface area (Å²) in [6, 6.07) is 16.7. The van der Waals surface area contributed by atoms with Gasteiger partial charge in [0.2, 0.25) is 19.9 Å². The summed E-state index contributed by atoms with van der Waals surface area (Å²) in [4.78, 5) is 10.8. The second kappa shape index (κ2) is 8.94. The van der Waals surface area contributed by atoms with Gasteiger partial charge in [-0.15, -0.1) is 0 Å². The molecular weight excluding hydrogens is 470 g/mol. The minimum absolute atomic E-state index is 0.0198. The highest BCUT2D eigenvalue weighted by Gasteiger charge is 2.33. The maximum absolute atomic E-state index is 13.0. The lowest BCUT2D eigenvalue weighted by molar-refractivity contribution is -0.140. The van der Waals surface area contributed by atoms with Gasteiger partial charge in [-0.05, 0) is 35.9 Å². The number of para-hydroxylation sites is 1. The molecule has 0 bridgehead atoms. The molecule has 0 aromatic heterocycles. The SMILES string of the molecule is O=C(O)[C@@H](COCc1ccccc1)NS(=O)(=O)c1ccc2c(c1)S(=O)(=O)c1ccccc1O2. The molecule has 11 heteroatoms. The molecule has 0 saturated carbocycles. The Morgan fingerprint density at radius 1 is 0.970 bits per heavy atom. The van der Waals surface area contributed by atoms with Gasteiger partial charge < -0.3 is 14.6 Å². The van der Waals surface area contributed by atoms with Crippen LogP contribution in [0.3, 0.4) is 0 Å². The minimum atomic E-state index is -4.39. The third-order valence-corrected chi connectivity index (χ3v) is 8.15. The molecule has 1 aliphatic rings. The lowest BCUT2D eigenvalue weighted by Gasteiger charge is -2.21. The lowest BCUT2D eigenvalue weighted by Crippen LogP contribution is -2.43. The van der Waals surface area contributed by atoms with Gasteiger partial charge in [-0.2, -0.15) is 4.72 Å². The number of fused-ring (bicyclic) bond motifs is 2. The first-order valence-corrected chi connectivity index (χ1v) is 12.7. The topological polar surface area (TPSA) is 136 Å². The number of carboxylic acids is 1. The third kappa shape index (κ3) is 4.76. The highest BCUT2D eigenvalue weighted by Crippen LogP contribution is 2.43. The van der Waals surface area contributed by atoms with Crippen LogP contribution in [0.5, 0.6) is 11.5 Å². The van der Waals surface area contributed by atoms with Crippen LogP contribution in [0.1, 0.15) is 5.56 Å². The average molecular weight is 490 g/mol. The smallest absolute Gasteiger partial charge is 0.324 e. The largest absolute Gasteiger partial charge is 0.480 e. The van der Waals surface area contributed by atoms with E-state index in [0.717, 1.165) is 17.7 Å². The Kier molecular flexibility index (Phi) is 6.21. The Labute approximate surface area is 190 Å².